The van der Waals surface area contributed by atoms with Gasteiger partial charge in [0.2, 0.25) is 41.4 Å². The second-order valence-electron chi connectivity index (χ2n) is 14.4. The number of ketones is 1. The zero-order chi connectivity index (χ0) is 39.0. The van der Waals surface area contributed by atoms with E-state index < -0.39 is 41.8 Å². The number of rotatable bonds is 22. The Labute approximate surface area is 311 Å². The Balaban J connectivity index is 1.36. The van der Waals surface area contributed by atoms with Gasteiger partial charge >= 0.3 is 0 Å². The molecule has 1 saturated heterocycles. The monoisotopic (exact) mass is 740 g/mol. The Bertz CT molecular complexity index is 1460. The molecule has 0 aromatic heterocycles. The third kappa shape index (κ3) is 13.7. The van der Waals surface area contributed by atoms with Crippen molar-refractivity contribution in [3.05, 3.63) is 35.9 Å². The molecule has 5 N–H and O–H groups in total. The molecule has 1 aromatic rings. The SMILES string of the molecule is CC(C)C(=O)C1(OCNC(=O)CNC(=O)[C@H](Cc2ccccc2)NC(=O)CNC(=O)CNC(=O)CCCCCN2C(=O)CC(C(C)C)C2=O)CCCC1. The van der Waals surface area contributed by atoms with E-state index in [0.29, 0.717) is 38.6 Å². The summed E-state index contributed by atoms with van der Waals surface area (Å²) in [4.78, 5) is 102. The smallest absolute Gasteiger partial charge is 0.243 e. The number of nitrogens with one attached hydrogen (secondary N) is 5. The number of carbonyl (C=O) groups is 8. The van der Waals surface area contributed by atoms with Crippen molar-refractivity contribution in [1.82, 2.24) is 31.5 Å². The topological polar surface area (TPSA) is 209 Å². The second kappa shape index (κ2) is 21.1. The van der Waals surface area contributed by atoms with Gasteiger partial charge in [0.25, 0.3) is 0 Å². The molecule has 15 heteroatoms. The molecule has 1 aromatic carbocycles. The largest absolute Gasteiger partial charge is 0.347 e. The van der Waals surface area contributed by atoms with E-state index in [0.717, 1.165) is 18.4 Å². The van der Waals surface area contributed by atoms with Crippen LogP contribution in [-0.2, 0) is 49.5 Å². The Kier molecular flexibility index (Phi) is 17.1. The molecule has 2 atom stereocenters. The number of amides is 7. The lowest BCUT2D eigenvalue weighted by molar-refractivity contribution is -0.150. The fourth-order valence-electron chi connectivity index (χ4n) is 6.55. The van der Waals surface area contributed by atoms with Crippen LogP contribution in [0.25, 0.3) is 0 Å². The maximum atomic E-state index is 13.1. The molecule has 292 valence electrons. The maximum absolute atomic E-state index is 13.1. The van der Waals surface area contributed by atoms with E-state index in [1.807, 2.05) is 33.8 Å². The van der Waals surface area contributed by atoms with Crippen LogP contribution in [0.5, 0.6) is 0 Å². The van der Waals surface area contributed by atoms with Crippen LogP contribution >= 0.6 is 0 Å². The van der Waals surface area contributed by atoms with Gasteiger partial charge in [0.05, 0.1) is 19.6 Å². The van der Waals surface area contributed by atoms with E-state index in [-0.39, 0.29) is 80.3 Å². The van der Waals surface area contributed by atoms with Gasteiger partial charge in [-0.1, -0.05) is 64.4 Å². The van der Waals surface area contributed by atoms with Crippen molar-refractivity contribution >= 4 is 47.1 Å². The van der Waals surface area contributed by atoms with E-state index in [4.69, 9.17) is 4.74 Å². The highest BCUT2D eigenvalue weighted by Gasteiger charge is 2.43. The number of benzene rings is 1. The van der Waals surface area contributed by atoms with Crippen molar-refractivity contribution in [3.63, 3.8) is 0 Å². The highest BCUT2D eigenvalue weighted by Crippen LogP contribution is 2.35. The lowest BCUT2D eigenvalue weighted by Gasteiger charge is -2.29. The molecule has 2 aliphatic rings. The summed E-state index contributed by atoms with van der Waals surface area (Å²) in [6, 6.07) is 7.90. The first-order valence-corrected chi connectivity index (χ1v) is 18.7. The Hall–Kier alpha value is -4.66. The van der Waals surface area contributed by atoms with Crippen LogP contribution in [0.2, 0.25) is 0 Å². The third-order valence-electron chi connectivity index (χ3n) is 9.62. The summed E-state index contributed by atoms with van der Waals surface area (Å²) in [5, 5.41) is 12.6. The number of unbranched alkanes of at least 4 members (excludes halogenated alkanes) is 2. The molecule has 53 heavy (non-hydrogen) atoms. The van der Waals surface area contributed by atoms with Gasteiger partial charge in [-0.25, -0.2) is 0 Å². The molecular formula is C38H56N6O9. The summed E-state index contributed by atoms with van der Waals surface area (Å²) in [6.07, 6.45) is 5.18. The van der Waals surface area contributed by atoms with Crippen molar-refractivity contribution < 1.29 is 43.1 Å². The van der Waals surface area contributed by atoms with Crippen LogP contribution < -0.4 is 26.6 Å². The van der Waals surface area contributed by atoms with Crippen molar-refractivity contribution in [2.75, 3.05) is 32.9 Å². The van der Waals surface area contributed by atoms with E-state index in [1.165, 1.54) is 4.90 Å². The van der Waals surface area contributed by atoms with Crippen LogP contribution in [0.1, 0.15) is 91.0 Å². The minimum absolute atomic E-state index is 0.00845. The fourth-order valence-corrected chi connectivity index (χ4v) is 6.55. The first kappa shape index (κ1) is 42.8. The molecule has 1 unspecified atom stereocenters. The predicted octanol–water partition coefficient (Wildman–Crippen LogP) is 1.28. The van der Waals surface area contributed by atoms with Crippen LogP contribution in [0.3, 0.4) is 0 Å². The summed E-state index contributed by atoms with van der Waals surface area (Å²) in [6.45, 7) is 6.45. The van der Waals surface area contributed by atoms with E-state index in [1.54, 1.807) is 24.3 Å². The molecule has 7 amide bonds. The van der Waals surface area contributed by atoms with E-state index in [9.17, 15) is 38.4 Å². The molecule has 1 aliphatic heterocycles. The molecule has 1 aliphatic carbocycles. The number of nitrogens with zero attached hydrogens (tertiary/aromatic N) is 1. The number of carbonyl (C=O) groups excluding carboxylic acids is 8. The van der Waals surface area contributed by atoms with Crippen molar-refractivity contribution in [2.45, 2.75) is 104 Å². The average Bonchev–Trinajstić information content (AvgIpc) is 3.72. The fraction of sp³-hybridized carbons (Fsp3) is 0.632. The number of ether oxygens (including phenoxy) is 1. The molecule has 1 heterocycles. The molecule has 0 radical (unpaired) electrons. The van der Waals surface area contributed by atoms with Crippen molar-refractivity contribution in [2.24, 2.45) is 17.8 Å². The Morgan fingerprint density at radius 2 is 1.42 bits per heavy atom. The summed E-state index contributed by atoms with van der Waals surface area (Å²) in [7, 11) is 0. The lowest BCUT2D eigenvalue weighted by Crippen LogP contribution is -2.52. The molecule has 2 fully saturated rings. The summed E-state index contributed by atoms with van der Waals surface area (Å²) in [5.74, 6) is -3.38. The van der Waals surface area contributed by atoms with E-state index in [2.05, 4.69) is 26.6 Å². The Morgan fingerprint density at radius 1 is 0.792 bits per heavy atom. The number of hydrogen-bond donors (Lipinski definition) is 5. The molecule has 15 nitrogen and oxygen atoms in total. The molecule has 0 spiro atoms. The zero-order valence-electron chi connectivity index (χ0n) is 31.4. The van der Waals surface area contributed by atoms with Crippen LogP contribution in [0.15, 0.2) is 30.3 Å². The van der Waals surface area contributed by atoms with Crippen LogP contribution in [0, 0.1) is 17.8 Å². The van der Waals surface area contributed by atoms with Gasteiger partial charge in [0.1, 0.15) is 18.4 Å². The van der Waals surface area contributed by atoms with Gasteiger partial charge in [-0.05, 0) is 50.0 Å². The molecular weight excluding hydrogens is 684 g/mol. The standard InChI is InChI=1S/C38H56N6O9/c1-25(2)28-20-34(49)44(37(28)52)18-12-6-9-15-30(45)39-21-31(46)40-23-33(48)43-29(19-27-13-7-5-8-14-27)36(51)41-22-32(47)42-24-53-38(16-10-11-17-38)35(50)26(3)4/h5,7-8,13-14,25-26,28-29H,6,9-12,15-24H2,1-4H3,(H,39,45)(H,40,46)(H,41,51)(H,42,47)(H,43,48)/t28?,29-/m0/s1. The van der Waals surface area contributed by atoms with Crippen molar-refractivity contribution in [3.8, 4) is 0 Å². The number of hydrogen-bond acceptors (Lipinski definition) is 9. The predicted molar refractivity (Wildman–Crippen MR) is 194 cm³/mol. The summed E-state index contributed by atoms with van der Waals surface area (Å²) in [5.41, 5.74) is -0.150. The molecule has 1 saturated carbocycles. The summed E-state index contributed by atoms with van der Waals surface area (Å²) >= 11 is 0. The highest BCUT2D eigenvalue weighted by atomic mass is 16.5. The van der Waals surface area contributed by atoms with Crippen molar-refractivity contribution in [1.29, 1.82) is 0 Å². The minimum Gasteiger partial charge on any atom is -0.347 e. The normalized spacial score (nSPS) is 17.1. The van der Waals surface area contributed by atoms with Crippen LogP contribution in [0.4, 0.5) is 0 Å². The van der Waals surface area contributed by atoms with Gasteiger partial charge in [-0.3, -0.25) is 43.3 Å². The Morgan fingerprint density at radius 3 is 2.06 bits per heavy atom. The van der Waals surface area contributed by atoms with Gasteiger partial charge in [-0.15, -0.1) is 0 Å². The second-order valence-corrected chi connectivity index (χ2v) is 14.4. The summed E-state index contributed by atoms with van der Waals surface area (Å²) < 4.78 is 5.87. The van der Waals surface area contributed by atoms with E-state index >= 15 is 0 Å². The third-order valence-corrected chi connectivity index (χ3v) is 9.62. The lowest BCUT2D eigenvalue weighted by atomic mass is 9.89. The number of imide groups is 1. The maximum Gasteiger partial charge on any atom is 0.243 e. The minimum atomic E-state index is -1.06. The van der Waals surface area contributed by atoms with Crippen LogP contribution in [-0.4, -0.2) is 96.6 Å². The highest BCUT2D eigenvalue weighted by molar-refractivity contribution is 6.03. The van der Waals surface area contributed by atoms with Gasteiger partial charge in [0, 0.05) is 37.6 Å². The molecule has 0 bridgehead atoms. The first-order valence-electron chi connectivity index (χ1n) is 18.7. The van der Waals surface area contributed by atoms with Gasteiger partial charge in [0.15, 0.2) is 5.78 Å². The van der Waals surface area contributed by atoms with Gasteiger partial charge in [-0.2, -0.15) is 0 Å². The molecule has 3 rings (SSSR count). The van der Waals surface area contributed by atoms with Gasteiger partial charge < -0.3 is 31.3 Å². The quantitative estimate of drug-likeness (QED) is 0.0658. The number of likely N-dealkylation sites (tertiary alicyclic amines) is 1. The first-order chi connectivity index (χ1) is 25.2. The zero-order valence-corrected chi connectivity index (χ0v) is 31.4. The number of Topliss-reactive ketones (excluding diaryl/α,β-unsaturated/α-hetero) is 1. The average molecular weight is 741 g/mol.